The highest BCUT2D eigenvalue weighted by Crippen LogP contribution is 2.23. The molecular formula is C13H13IN2O. The molecule has 1 unspecified atom stereocenters. The Kier molecular flexibility index (Phi) is 3.26. The molecule has 3 rings (SSSR count). The normalized spacial score (nSPS) is 20.6. The maximum Gasteiger partial charge on any atom is 0.0950 e. The van der Waals surface area contributed by atoms with Crippen LogP contribution >= 0.6 is 22.6 Å². The minimum absolute atomic E-state index is 0.172. The molecule has 1 aromatic heterocycles. The van der Waals surface area contributed by atoms with E-state index in [-0.39, 0.29) is 6.10 Å². The third kappa shape index (κ3) is 2.43. The lowest BCUT2D eigenvalue weighted by Gasteiger charge is -2.24. The molecule has 0 bridgehead atoms. The quantitative estimate of drug-likeness (QED) is 0.810. The lowest BCUT2D eigenvalue weighted by molar-refractivity contribution is 0.0278. The number of rotatable bonds is 1. The number of nitrogens with one attached hydrogen (secondary N) is 1. The Morgan fingerprint density at radius 2 is 2.29 bits per heavy atom. The fourth-order valence-corrected chi connectivity index (χ4v) is 2.58. The van der Waals surface area contributed by atoms with Gasteiger partial charge in [-0.3, -0.25) is 4.98 Å². The molecule has 1 fully saturated rings. The van der Waals surface area contributed by atoms with Crippen molar-refractivity contribution < 1.29 is 4.74 Å². The number of morpholine rings is 1. The van der Waals surface area contributed by atoms with E-state index in [2.05, 4.69) is 57.2 Å². The van der Waals surface area contributed by atoms with Gasteiger partial charge in [0.25, 0.3) is 0 Å². The Hall–Kier alpha value is -0.720. The average molecular weight is 340 g/mol. The largest absolute Gasteiger partial charge is 0.371 e. The standard InChI is InChI=1S/C13H13IN2O/c14-11-6-10-5-9(1-2-12(10)16-7-11)13-8-15-3-4-17-13/h1-2,5-7,13,15H,3-4,8H2. The molecule has 0 amide bonds. The van der Waals surface area contributed by atoms with E-state index in [1.54, 1.807) is 0 Å². The Bertz CT molecular complexity index is 538. The van der Waals surface area contributed by atoms with Crippen molar-refractivity contribution in [3.63, 3.8) is 0 Å². The summed E-state index contributed by atoms with van der Waals surface area (Å²) in [6, 6.07) is 8.52. The van der Waals surface area contributed by atoms with Gasteiger partial charge in [-0.15, -0.1) is 0 Å². The molecule has 1 aromatic carbocycles. The number of halogens is 1. The zero-order valence-corrected chi connectivity index (χ0v) is 11.5. The lowest BCUT2D eigenvalue weighted by atomic mass is 10.1. The SMILES string of the molecule is Ic1cnc2ccc(C3CNCCO3)cc2c1. The van der Waals surface area contributed by atoms with Crippen LogP contribution in [0.5, 0.6) is 0 Å². The zero-order chi connectivity index (χ0) is 11.7. The van der Waals surface area contributed by atoms with Crippen LogP contribution in [0.4, 0.5) is 0 Å². The van der Waals surface area contributed by atoms with E-state index in [1.165, 1.54) is 10.9 Å². The fourth-order valence-electron chi connectivity index (χ4n) is 2.10. The van der Waals surface area contributed by atoms with Crippen LogP contribution in [0.25, 0.3) is 10.9 Å². The van der Waals surface area contributed by atoms with Crippen LogP contribution in [0.15, 0.2) is 30.5 Å². The summed E-state index contributed by atoms with van der Waals surface area (Å²) >= 11 is 2.29. The fraction of sp³-hybridized carbons (Fsp3) is 0.308. The van der Waals surface area contributed by atoms with Crippen molar-refractivity contribution in [3.05, 3.63) is 39.6 Å². The third-order valence-electron chi connectivity index (χ3n) is 2.97. The van der Waals surface area contributed by atoms with Gasteiger partial charge < -0.3 is 10.1 Å². The van der Waals surface area contributed by atoms with Gasteiger partial charge in [0, 0.05) is 28.2 Å². The van der Waals surface area contributed by atoms with Gasteiger partial charge in [0.2, 0.25) is 0 Å². The number of aromatic nitrogens is 1. The zero-order valence-electron chi connectivity index (χ0n) is 9.32. The van der Waals surface area contributed by atoms with E-state index in [0.717, 1.165) is 28.8 Å². The second-order valence-corrected chi connectivity index (χ2v) is 5.41. The van der Waals surface area contributed by atoms with Crippen molar-refractivity contribution in [1.29, 1.82) is 0 Å². The second kappa shape index (κ2) is 4.88. The highest BCUT2D eigenvalue weighted by atomic mass is 127. The van der Waals surface area contributed by atoms with Crippen LogP contribution in [0.1, 0.15) is 11.7 Å². The van der Waals surface area contributed by atoms with Gasteiger partial charge in [0.1, 0.15) is 0 Å². The van der Waals surface area contributed by atoms with Gasteiger partial charge in [-0.05, 0) is 46.4 Å². The van der Waals surface area contributed by atoms with Crippen molar-refractivity contribution >= 4 is 33.5 Å². The molecule has 17 heavy (non-hydrogen) atoms. The smallest absolute Gasteiger partial charge is 0.0950 e. The van der Waals surface area contributed by atoms with Crippen molar-refractivity contribution in [2.24, 2.45) is 0 Å². The molecule has 1 saturated heterocycles. The topological polar surface area (TPSA) is 34.2 Å². The molecule has 4 heteroatoms. The first-order chi connectivity index (χ1) is 8.33. The average Bonchev–Trinajstić information content (AvgIpc) is 2.39. The molecule has 2 aromatic rings. The number of ether oxygens (including phenoxy) is 1. The first-order valence-corrected chi connectivity index (χ1v) is 6.78. The summed E-state index contributed by atoms with van der Waals surface area (Å²) in [5.74, 6) is 0. The number of nitrogens with zero attached hydrogens (tertiary/aromatic N) is 1. The number of pyridine rings is 1. The highest BCUT2D eigenvalue weighted by molar-refractivity contribution is 14.1. The van der Waals surface area contributed by atoms with Gasteiger partial charge in [-0.25, -0.2) is 0 Å². The maximum absolute atomic E-state index is 5.76. The highest BCUT2D eigenvalue weighted by Gasteiger charge is 2.15. The number of benzene rings is 1. The van der Waals surface area contributed by atoms with Crippen LogP contribution < -0.4 is 5.32 Å². The van der Waals surface area contributed by atoms with Gasteiger partial charge in [-0.1, -0.05) is 6.07 Å². The molecule has 1 aliphatic heterocycles. The van der Waals surface area contributed by atoms with E-state index in [1.807, 2.05) is 6.20 Å². The van der Waals surface area contributed by atoms with Gasteiger partial charge in [0.15, 0.2) is 0 Å². The van der Waals surface area contributed by atoms with Crippen molar-refractivity contribution in [1.82, 2.24) is 10.3 Å². The molecule has 1 aliphatic rings. The minimum atomic E-state index is 0.172. The van der Waals surface area contributed by atoms with E-state index in [9.17, 15) is 0 Å². The summed E-state index contributed by atoms with van der Waals surface area (Å²) in [4.78, 5) is 4.40. The number of hydrogen-bond acceptors (Lipinski definition) is 3. The molecule has 88 valence electrons. The molecule has 3 nitrogen and oxygen atoms in total. The van der Waals surface area contributed by atoms with E-state index < -0.39 is 0 Å². The van der Waals surface area contributed by atoms with Gasteiger partial charge >= 0.3 is 0 Å². The molecule has 0 saturated carbocycles. The molecule has 0 aliphatic carbocycles. The molecule has 0 spiro atoms. The van der Waals surface area contributed by atoms with Crippen LogP contribution in [0.3, 0.4) is 0 Å². The van der Waals surface area contributed by atoms with Crippen molar-refractivity contribution in [2.75, 3.05) is 19.7 Å². The Morgan fingerprint density at radius 3 is 3.12 bits per heavy atom. The molecular weight excluding hydrogens is 327 g/mol. The minimum Gasteiger partial charge on any atom is -0.371 e. The summed E-state index contributed by atoms with van der Waals surface area (Å²) in [6.45, 7) is 2.62. The summed E-state index contributed by atoms with van der Waals surface area (Å²) in [7, 11) is 0. The van der Waals surface area contributed by atoms with Crippen LogP contribution in [0.2, 0.25) is 0 Å². The van der Waals surface area contributed by atoms with Crippen LogP contribution in [-0.2, 0) is 4.74 Å². The predicted molar refractivity (Wildman–Crippen MR) is 76.0 cm³/mol. The predicted octanol–water partition coefficient (Wildman–Crippen LogP) is 2.50. The number of hydrogen-bond donors (Lipinski definition) is 1. The molecule has 0 radical (unpaired) electrons. The van der Waals surface area contributed by atoms with Crippen LogP contribution in [-0.4, -0.2) is 24.7 Å². The summed E-state index contributed by atoms with van der Waals surface area (Å²) in [5, 5.41) is 4.53. The first kappa shape index (κ1) is 11.4. The number of fused-ring (bicyclic) bond motifs is 1. The molecule has 1 atom stereocenters. The van der Waals surface area contributed by atoms with Crippen LogP contribution in [0, 0.1) is 3.57 Å². The van der Waals surface area contributed by atoms with E-state index >= 15 is 0 Å². The summed E-state index contributed by atoms with van der Waals surface area (Å²) in [5.41, 5.74) is 2.27. The van der Waals surface area contributed by atoms with Gasteiger partial charge in [-0.2, -0.15) is 0 Å². The Labute approximate surface area is 114 Å². The van der Waals surface area contributed by atoms with E-state index in [0.29, 0.717) is 0 Å². The lowest BCUT2D eigenvalue weighted by Crippen LogP contribution is -2.33. The molecule has 1 N–H and O–H groups in total. The van der Waals surface area contributed by atoms with E-state index in [4.69, 9.17) is 4.74 Å². The Morgan fingerprint density at radius 1 is 1.35 bits per heavy atom. The van der Waals surface area contributed by atoms with Crippen molar-refractivity contribution in [2.45, 2.75) is 6.10 Å². The third-order valence-corrected chi connectivity index (χ3v) is 3.56. The molecule has 2 heterocycles. The second-order valence-electron chi connectivity index (χ2n) is 4.17. The maximum atomic E-state index is 5.76. The van der Waals surface area contributed by atoms with Gasteiger partial charge in [0.05, 0.1) is 18.2 Å². The first-order valence-electron chi connectivity index (χ1n) is 5.70. The monoisotopic (exact) mass is 340 g/mol. The summed E-state index contributed by atoms with van der Waals surface area (Å²) in [6.07, 6.45) is 2.06. The summed E-state index contributed by atoms with van der Waals surface area (Å²) < 4.78 is 6.92. The Balaban J connectivity index is 1.99. The van der Waals surface area contributed by atoms with Crippen molar-refractivity contribution in [3.8, 4) is 0 Å².